The number of aliphatic hydroxyl groups is 2. The SMILES string of the molecule is CC(CCO)CNCC(C)(C)O. The zero-order valence-electron chi connectivity index (χ0n) is 8.30. The Labute approximate surface area is 74.8 Å². The fraction of sp³-hybridized carbons (Fsp3) is 1.00. The Morgan fingerprint density at radius 3 is 2.42 bits per heavy atom. The quantitative estimate of drug-likeness (QED) is 0.546. The molecular weight excluding hydrogens is 154 g/mol. The summed E-state index contributed by atoms with van der Waals surface area (Å²) in [6.45, 7) is 7.32. The minimum Gasteiger partial charge on any atom is -0.396 e. The van der Waals surface area contributed by atoms with Crippen LogP contribution in [0.25, 0.3) is 0 Å². The second-order valence-corrected chi connectivity index (χ2v) is 4.06. The van der Waals surface area contributed by atoms with Crippen molar-refractivity contribution >= 4 is 0 Å². The molecule has 0 fully saturated rings. The van der Waals surface area contributed by atoms with E-state index in [1.165, 1.54) is 0 Å². The maximum atomic E-state index is 9.35. The predicted molar refractivity (Wildman–Crippen MR) is 50.0 cm³/mol. The molecule has 12 heavy (non-hydrogen) atoms. The van der Waals surface area contributed by atoms with Gasteiger partial charge in [-0.2, -0.15) is 0 Å². The van der Waals surface area contributed by atoms with Gasteiger partial charge in [-0.05, 0) is 32.7 Å². The van der Waals surface area contributed by atoms with E-state index in [0.717, 1.165) is 13.0 Å². The Bertz CT molecular complexity index is 110. The minimum absolute atomic E-state index is 0.241. The molecule has 0 aromatic rings. The topological polar surface area (TPSA) is 52.5 Å². The Morgan fingerprint density at radius 2 is 2.00 bits per heavy atom. The molecule has 0 aliphatic rings. The molecule has 0 radical (unpaired) electrons. The first kappa shape index (κ1) is 11.9. The van der Waals surface area contributed by atoms with Gasteiger partial charge in [-0.25, -0.2) is 0 Å². The van der Waals surface area contributed by atoms with Crippen LogP contribution < -0.4 is 5.32 Å². The van der Waals surface area contributed by atoms with E-state index < -0.39 is 5.60 Å². The van der Waals surface area contributed by atoms with E-state index in [1.807, 2.05) is 0 Å². The smallest absolute Gasteiger partial charge is 0.0715 e. The fourth-order valence-electron chi connectivity index (χ4n) is 0.947. The van der Waals surface area contributed by atoms with Gasteiger partial charge in [0.2, 0.25) is 0 Å². The van der Waals surface area contributed by atoms with E-state index in [-0.39, 0.29) is 6.61 Å². The highest BCUT2D eigenvalue weighted by molar-refractivity contribution is 4.69. The molecule has 0 rings (SSSR count). The van der Waals surface area contributed by atoms with Crippen LogP contribution in [0.1, 0.15) is 27.2 Å². The molecule has 0 aromatic carbocycles. The molecule has 0 saturated carbocycles. The summed E-state index contributed by atoms with van der Waals surface area (Å²) in [5.74, 6) is 0.470. The monoisotopic (exact) mass is 175 g/mol. The lowest BCUT2D eigenvalue weighted by Crippen LogP contribution is -2.36. The summed E-state index contributed by atoms with van der Waals surface area (Å²) >= 11 is 0. The van der Waals surface area contributed by atoms with Crippen molar-refractivity contribution in [2.45, 2.75) is 32.8 Å². The molecule has 0 bridgehead atoms. The number of nitrogens with one attached hydrogen (secondary N) is 1. The van der Waals surface area contributed by atoms with E-state index in [0.29, 0.717) is 12.5 Å². The van der Waals surface area contributed by atoms with Crippen molar-refractivity contribution in [1.29, 1.82) is 0 Å². The summed E-state index contributed by atoms with van der Waals surface area (Å²) in [6, 6.07) is 0. The Morgan fingerprint density at radius 1 is 1.42 bits per heavy atom. The Hall–Kier alpha value is -0.120. The second kappa shape index (κ2) is 5.51. The van der Waals surface area contributed by atoms with Crippen molar-refractivity contribution in [3.63, 3.8) is 0 Å². The van der Waals surface area contributed by atoms with Gasteiger partial charge in [0.15, 0.2) is 0 Å². The van der Waals surface area contributed by atoms with Gasteiger partial charge in [0.25, 0.3) is 0 Å². The van der Waals surface area contributed by atoms with E-state index in [9.17, 15) is 5.11 Å². The minimum atomic E-state index is -0.640. The number of hydrogen-bond donors (Lipinski definition) is 3. The molecule has 1 unspecified atom stereocenters. The van der Waals surface area contributed by atoms with Crippen molar-refractivity contribution in [2.75, 3.05) is 19.7 Å². The van der Waals surface area contributed by atoms with Gasteiger partial charge in [-0.15, -0.1) is 0 Å². The van der Waals surface area contributed by atoms with Gasteiger partial charge in [-0.1, -0.05) is 6.92 Å². The van der Waals surface area contributed by atoms with Crippen molar-refractivity contribution in [3.05, 3.63) is 0 Å². The van der Waals surface area contributed by atoms with E-state index in [4.69, 9.17) is 5.11 Å². The number of rotatable bonds is 6. The van der Waals surface area contributed by atoms with Gasteiger partial charge in [0.05, 0.1) is 5.60 Å². The average Bonchev–Trinajstić information content (AvgIpc) is 1.84. The van der Waals surface area contributed by atoms with E-state index in [2.05, 4.69) is 12.2 Å². The van der Waals surface area contributed by atoms with Crippen molar-refractivity contribution < 1.29 is 10.2 Å². The molecule has 0 aromatic heterocycles. The molecule has 74 valence electrons. The van der Waals surface area contributed by atoms with Crippen LogP contribution in [0.15, 0.2) is 0 Å². The lowest BCUT2D eigenvalue weighted by Gasteiger charge is -2.19. The van der Waals surface area contributed by atoms with Crippen LogP contribution in [0.2, 0.25) is 0 Å². The average molecular weight is 175 g/mol. The standard InChI is InChI=1S/C9H21NO2/c1-8(4-5-11)6-10-7-9(2,3)12/h8,10-12H,4-7H2,1-3H3. The Balaban J connectivity index is 3.31. The van der Waals surface area contributed by atoms with Gasteiger partial charge in [-0.3, -0.25) is 0 Å². The molecule has 3 nitrogen and oxygen atoms in total. The van der Waals surface area contributed by atoms with Crippen LogP contribution in [-0.2, 0) is 0 Å². The van der Waals surface area contributed by atoms with Crippen LogP contribution >= 0.6 is 0 Å². The maximum absolute atomic E-state index is 9.35. The molecule has 3 heteroatoms. The molecule has 0 saturated heterocycles. The maximum Gasteiger partial charge on any atom is 0.0715 e. The third kappa shape index (κ3) is 7.98. The molecule has 3 N–H and O–H groups in total. The van der Waals surface area contributed by atoms with Crippen molar-refractivity contribution in [3.8, 4) is 0 Å². The molecule has 0 aliphatic carbocycles. The Kier molecular flexibility index (Phi) is 5.46. The summed E-state index contributed by atoms with van der Waals surface area (Å²) < 4.78 is 0. The summed E-state index contributed by atoms with van der Waals surface area (Å²) in [7, 11) is 0. The molecular formula is C9H21NO2. The largest absolute Gasteiger partial charge is 0.396 e. The first-order chi connectivity index (χ1) is 5.45. The molecule has 0 amide bonds. The van der Waals surface area contributed by atoms with Gasteiger partial charge >= 0.3 is 0 Å². The zero-order chi connectivity index (χ0) is 9.61. The number of hydrogen-bond acceptors (Lipinski definition) is 3. The lowest BCUT2D eigenvalue weighted by atomic mass is 10.1. The second-order valence-electron chi connectivity index (χ2n) is 4.06. The van der Waals surface area contributed by atoms with Gasteiger partial charge in [0, 0.05) is 13.2 Å². The van der Waals surface area contributed by atoms with Crippen LogP contribution in [0.4, 0.5) is 0 Å². The van der Waals surface area contributed by atoms with Crippen LogP contribution in [-0.4, -0.2) is 35.5 Å². The van der Waals surface area contributed by atoms with Gasteiger partial charge < -0.3 is 15.5 Å². The highest BCUT2D eigenvalue weighted by Gasteiger charge is 2.11. The van der Waals surface area contributed by atoms with E-state index in [1.54, 1.807) is 13.8 Å². The fourth-order valence-corrected chi connectivity index (χ4v) is 0.947. The predicted octanol–water partition coefficient (Wildman–Crippen LogP) is 0.365. The van der Waals surface area contributed by atoms with Crippen molar-refractivity contribution in [2.24, 2.45) is 5.92 Å². The highest BCUT2D eigenvalue weighted by Crippen LogP contribution is 2.01. The molecule has 0 spiro atoms. The van der Waals surface area contributed by atoms with Crippen LogP contribution in [0.3, 0.4) is 0 Å². The molecule has 1 atom stereocenters. The van der Waals surface area contributed by atoms with Crippen LogP contribution in [0, 0.1) is 5.92 Å². The first-order valence-electron chi connectivity index (χ1n) is 4.49. The third-order valence-corrected chi connectivity index (χ3v) is 1.67. The third-order valence-electron chi connectivity index (χ3n) is 1.67. The molecule has 0 heterocycles. The zero-order valence-corrected chi connectivity index (χ0v) is 8.30. The summed E-state index contributed by atoms with van der Waals surface area (Å²) in [4.78, 5) is 0. The lowest BCUT2D eigenvalue weighted by molar-refractivity contribution is 0.0786. The summed E-state index contributed by atoms with van der Waals surface area (Å²) in [6.07, 6.45) is 0.818. The summed E-state index contributed by atoms with van der Waals surface area (Å²) in [5.41, 5.74) is -0.640. The number of aliphatic hydroxyl groups excluding tert-OH is 1. The normalized spacial score (nSPS) is 14.8. The van der Waals surface area contributed by atoms with Crippen LogP contribution in [0.5, 0.6) is 0 Å². The van der Waals surface area contributed by atoms with E-state index >= 15 is 0 Å². The highest BCUT2D eigenvalue weighted by atomic mass is 16.3. The van der Waals surface area contributed by atoms with Gasteiger partial charge in [0.1, 0.15) is 0 Å². The first-order valence-corrected chi connectivity index (χ1v) is 4.49. The summed E-state index contributed by atoms with van der Waals surface area (Å²) in [5, 5.41) is 21.1. The molecule has 0 aliphatic heterocycles. The van der Waals surface area contributed by atoms with Crippen molar-refractivity contribution in [1.82, 2.24) is 5.32 Å².